The molecular formula is C16H25NO2. The predicted octanol–water partition coefficient (Wildman–Crippen LogP) is 3.38. The molecule has 0 bridgehead atoms. The zero-order chi connectivity index (χ0) is 14.4. The number of ether oxygens (including phenoxy) is 1. The van der Waals surface area contributed by atoms with Crippen molar-refractivity contribution in [1.29, 1.82) is 0 Å². The van der Waals surface area contributed by atoms with Crippen LogP contribution in [0.15, 0.2) is 18.2 Å². The molecule has 1 amide bonds. The van der Waals surface area contributed by atoms with Crippen LogP contribution in [-0.4, -0.2) is 18.1 Å². The zero-order valence-electron chi connectivity index (χ0n) is 12.6. The third kappa shape index (κ3) is 4.58. The van der Waals surface area contributed by atoms with E-state index in [1.165, 1.54) is 0 Å². The normalized spacial score (nSPS) is 13.7. The number of rotatable bonds is 6. The van der Waals surface area contributed by atoms with Gasteiger partial charge in [0, 0.05) is 6.04 Å². The highest BCUT2D eigenvalue weighted by atomic mass is 16.5. The summed E-state index contributed by atoms with van der Waals surface area (Å²) in [5.41, 5.74) is 2.19. The van der Waals surface area contributed by atoms with Gasteiger partial charge < -0.3 is 10.1 Å². The Kier molecular flexibility index (Phi) is 5.87. The Bertz CT molecular complexity index is 429. The minimum atomic E-state index is -0.422. The van der Waals surface area contributed by atoms with Crippen LogP contribution >= 0.6 is 0 Å². The smallest absolute Gasteiger partial charge is 0.261 e. The van der Waals surface area contributed by atoms with Gasteiger partial charge in [-0.15, -0.1) is 0 Å². The van der Waals surface area contributed by atoms with Gasteiger partial charge in [-0.1, -0.05) is 26.0 Å². The molecule has 0 aromatic heterocycles. The summed E-state index contributed by atoms with van der Waals surface area (Å²) in [4.78, 5) is 12.1. The molecule has 0 radical (unpaired) electrons. The second-order valence-electron chi connectivity index (χ2n) is 5.10. The first kappa shape index (κ1) is 15.5. The van der Waals surface area contributed by atoms with Gasteiger partial charge >= 0.3 is 0 Å². The molecule has 1 aromatic carbocycles. The lowest BCUT2D eigenvalue weighted by Crippen LogP contribution is -2.42. The van der Waals surface area contributed by atoms with Gasteiger partial charge in [-0.05, 0) is 50.8 Å². The van der Waals surface area contributed by atoms with Crippen LogP contribution in [-0.2, 0) is 4.79 Å². The standard InChI is InChI=1S/C16H25NO2/c1-6-13(5)17-16(18)14(7-2)19-15-10-11(3)8-9-12(15)4/h8-10,13-14H,6-7H2,1-5H3,(H,17,18)/t13-,14+/m0/s1. The van der Waals surface area contributed by atoms with Crippen molar-refractivity contribution in [3.8, 4) is 5.75 Å². The largest absolute Gasteiger partial charge is 0.480 e. The van der Waals surface area contributed by atoms with Crippen LogP contribution in [0.2, 0.25) is 0 Å². The van der Waals surface area contributed by atoms with Crippen LogP contribution < -0.4 is 10.1 Å². The molecule has 1 rings (SSSR count). The number of amides is 1. The Morgan fingerprint density at radius 3 is 2.53 bits per heavy atom. The summed E-state index contributed by atoms with van der Waals surface area (Å²) >= 11 is 0. The molecule has 106 valence electrons. The second kappa shape index (κ2) is 7.17. The summed E-state index contributed by atoms with van der Waals surface area (Å²) in [6, 6.07) is 6.23. The predicted molar refractivity (Wildman–Crippen MR) is 78.5 cm³/mol. The highest BCUT2D eigenvalue weighted by Gasteiger charge is 2.20. The molecule has 0 aliphatic carbocycles. The minimum absolute atomic E-state index is 0.0299. The highest BCUT2D eigenvalue weighted by molar-refractivity contribution is 5.81. The number of aryl methyl sites for hydroxylation is 2. The summed E-state index contributed by atoms with van der Waals surface area (Å²) < 4.78 is 5.87. The van der Waals surface area contributed by atoms with E-state index in [1.807, 2.05) is 45.9 Å². The number of hydrogen-bond acceptors (Lipinski definition) is 2. The summed E-state index contributed by atoms with van der Waals surface area (Å²) in [7, 11) is 0. The van der Waals surface area contributed by atoms with E-state index in [2.05, 4.69) is 12.2 Å². The molecule has 0 heterocycles. The van der Waals surface area contributed by atoms with Crippen molar-refractivity contribution in [2.45, 2.75) is 59.6 Å². The highest BCUT2D eigenvalue weighted by Crippen LogP contribution is 2.21. The van der Waals surface area contributed by atoms with Crippen LogP contribution in [0.25, 0.3) is 0 Å². The van der Waals surface area contributed by atoms with Gasteiger partial charge in [-0.2, -0.15) is 0 Å². The molecule has 0 saturated carbocycles. The molecule has 0 unspecified atom stereocenters. The van der Waals surface area contributed by atoms with Crippen LogP contribution in [0.1, 0.15) is 44.7 Å². The molecule has 0 aliphatic heterocycles. The van der Waals surface area contributed by atoms with Crippen molar-refractivity contribution in [2.75, 3.05) is 0 Å². The zero-order valence-corrected chi connectivity index (χ0v) is 12.6. The molecular weight excluding hydrogens is 238 g/mol. The van der Waals surface area contributed by atoms with Crippen molar-refractivity contribution in [3.05, 3.63) is 29.3 Å². The van der Waals surface area contributed by atoms with E-state index in [9.17, 15) is 4.79 Å². The third-order valence-electron chi connectivity index (χ3n) is 3.28. The summed E-state index contributed by atoms with van der Waals surface area (Å²) in [5, 5.41) is 2.97. The first-order valence-corrected chi connectivity index (χ1v) is 7.02. The number of carbonyl (C=O) groups is 1. The summed E-state index contributed by atoms with van der Waals surface area (Å²) in [6.07, 6.45) is 1.16. The van der Waals surface area contributed by atoms with Crippen molar-refractivity contribution in [3.63, 3.8) is 0 Å². The molecule has 3 nitrogen and oxygen atoms in total. The maximum absolute atomic E-state index is 12.1. The lowest BCUT2D eigenvalue weighted by molar-refractivity contribution is -0.128. The molecule has 1 N–H and O–H groups in total. The van der Waals surface area contributed by atoms with E-state index in [1.54, 1.807) is 0 Å². The van der Waals surface area contributed by atoms with Gasteiger partial charge in [0.25, 0.3) is 5.91 Å². The van der Waals surface area contributed by atoms with Gasteiger partial charge in [0.1, 0.15) is 5.75 Å². The van der Waals surface area contributed by atoms with Gasteiger partial charge in [-0.3, -0.25) is 4.79 Å². The van der Waals surface area contributed by atoms with Gasteiger partial charge in [-0.25, -0.2) is 0 Å². The van der Waals surface area contributed by atoms with Crippen molar-refractivity contribution < 1.29 is 9.53 Å². The maximum atomic E-state index is 12.1. The summed E-state index contributed by atoms with van der Waals surface area (Å²) in [5.74, 6) is 0.768. The monoisotopic (exact) mass is 263 g/mol. The number of nitrogens with one attached hydrogen (secondary N) is 1. The van der Waals surface area contributed by atoms with Crippen LogP contribution in [0, 0.1) is 13.8 Å². The fraction of sp³-hybridized carbons (Fsp3) is 0.562. The van der Waals surface area contributed by atoms with Crippen molar-refractivity contribution >= 4 is 5.91 Å². The maximum Gasteiger partial charge on any atom is 0.261 e. The van der Waals surface area contributed by atoms with Crippen LogP contribution in [0.4, 0.5) is 0 Å². The number of hydrogen-bond donors (Lipinski definition) is 1. The second-order valence-corrected chi connectivity index (χ2v) is 5.10. The average molecular weight is 263 g/mol. The first-order chi connectivity index (χ1) is 8.97. The van der Waals surface area contributed by atoms with Gasteiger partial charge in [0.15, 0.2) is 6.10 Å². The molecule has 3 heteroatoms. The fourth-order valence-corrected chi connectivity index (χ4v) is 1.75. The molecule has 2 atom stereocenters. The van der Waals surface area contributed by atoms with E-state index in [0.717, 1.165) is 23.3 Å². The van der Waals surface area contributed by atoms with Crippen molar-refractivity contribution in [2.24, 2.45) is 0 Å². The van der Waals surface area contributed by atoms with E-state index >= 15 is 0 Å². The topological polar surface area (TPSA) is 38.3 Å². The average Bonchev–Trinajstić information content (AvgIpc) is 2.39. The Balaban J connectivity index is 2.76. The van der Waals surface area contributed by atoms with Crippen LogP contribution in [0.5, 0.6) is 5.75 Å². The Hall–Kier alpha value is -1.51. The number of benzene rings is 1. The lowest BCUT2D eigenvalue weighted by Gasteiger charge is -2.21. The minimum Gasteiger partial charge on any atom is -0.480 e. The van der Waals surface area contributed by atoms with Crippen LogP contribution in [0.3, 0.4) is 0 Å². The van der Waals surface area contributed by atoms with E-state index < -0.39 is 6.10 Å². The van der Waals surface area contributed by atoms with E-state index in [-0.39, 0.29) is 11.9 Å². The Morgan fingerprint density at radius 1 is 1.26 bits per heavy atom. The van der Waals surface area contributed by atoms with E-state index in [4.69, 9.17) is 4.74 Å². The first-order valence-electron chi connectivity index (χ1n) is 7.02. The molecule has 1 aromatic rings. The SMILES string of the molecule is CC[C@H](C)NC(=O)[C@@H](CC)Oc1cc(C)ccc1C. The quantitative estimate of drug-likeness (QED) is 0.854. The molecule has 0 saturated heterocycles. The molecule has 0 aliphatic rings. The van der Waals surface area contributed by atoms with Gasteiger partial charge in [0.2, 0.25) is 0 Å². The molecule has 0 fully saturated rings. The van der Waals surface area contributed by atoms with E-state index in [0.29, 0.717) is 6.42 Å². The van der Waals surface area contributed by atoms with Gasteiger partial charge in [0.05, 0.1) is 0 Å². The van der Waals surface area contributed by atoms with Crippen molar-refractivity contribution in [1.82, 2.24) is 5.32 Å². The Labute approximate surface area is 116 Å². The third-order valence-corrected chi connectivity index (χ3v) is 3.28. The molecule has 0 spiro atoms. The fourth-order valence-electron chi connectivity index (χ4n) is 1.75. The molecule has 19 heavy (non-hydrogen) atoms. The number of carbonyl (C=O) groups excluding carboxylic acids is 1. The lowest BCUT2D eigenvalue weighted by atomic mass is 10.1. The summed E-state index contributed by atoms with van der Waals surface area (Å²) in [6.45, 7) is 10.0. The Morgan fingerprint density at radius 2 is 1.95 bits per heavy atom.